The second-order valence-corrected chi connectivity index (χ2v) is 9.42. The van der Waals surface area contributed by atoms with Crippen molar-refractivity contribution in [1.82, 2.24) is 9.80 Å². The lowest BCUT2D eigenvalue weighted by atomic mass is 10.0. The Bertz CT molecular complexity index is 779. The van der Waals surface area contributed by atoms with Crippen LogP contribution < -0.4 is 0 Å². The van der Waals surface area contributed by atoms with E-state index in [1.54, 1.807) is 30.3 Å². The summed E-state index contributed by atoms with van der Waals surface area (Å²) in [6.07, 6.45) is -2.91. The van der Waals surface area contributed by atoms with Crippen molar-refractivity contribution in [2.75, 3.05) is 26.7 Å². The molecule has 0 spiro atoms. The second-order valence-electron chi connectivity index (χ2n) is 6.90. The maximum atomic E-state index is 15.3. The zero-order chi connectivity index (χ0) is 22.5. The smallest absolute Gasteiger partial charge is 0.409 e. The minimum atomic E-state index is -2.19. The van der Waals surface area contributed by atoms with Crippen LogP contribution in [-0.4, -0.2) is 75.3 Å². The van der Waals surface area contributed by atoms with Crippen LogP contribution in [0.3, 0.4) is 0 Å². The highest BCUT2D eigenvalue weighted by Gasteiger charge is 2.51. The van der Waals surface area contributed by atoms with E-state index in [0.717, 1.165) is 4.90 Å². The van der Waals surface area contributed by atoms with Gasteiger partial charge in [-0.25, -0.2) is 18.8 Å². The molecular weight excluding hydrogens is 466 g/mol. The molecule has 1 aromatic carbocycles. The molecule has 8 nitrogen and oxygen atoms in total. The van der Waals surface area contributed by atoms with Gasteiger partial charge in [-0.3, -0.25) is 4.90 Å². The summed E-state index contributed by atoms with van der Waals surface area (Å²) >= 11 is 16.5. The zero-order valence-corrected chi connectivity index (χ0v) is 18.2. The van der Waals surface area contributed by atoms with Crippen molar-refractivity contribution in [3.05, 3.63) is 35.9 Å². The molecule has 0 bridgehead atoms. The van der Waals surface area contributed by atoms with Crippen LogP contribution in [0.4, 0.5) is 14.0 Å². The summed E-state index contributed by atoms with van der Waals surface area (Å²) in [5.41, 5.74) is -1.49. The lowest BCUT2D eigenvalue weighted by Crippen LogP contribution is -2.44. The predicted octanol–water partition coefficient (Wildman–Crippen LogP) is 3.63. The van der Waals surface area contributed by atoms with Gasteiger partial charge in [-0.1, -0.05) is 65.1 Å². The Hall–Kier alpha value is -1.97. The highest BCUT2D eigenvalue weighted by molar-refractivity contribution is 6.67. The summed E-state index contributed by atoms with van der Waals surface area (Å²) in [5.74, 6) is -0.873. The fourth-order valence-corrected chi connectivity index (χ4v) is 3.19. The average molecular weight is 486 g/mol. The number of halogens is 4. The molecule has 12 heteroatoms. The Labute approximate surface area is 187 Å². The number of hydrogen-bond acceptors (Lipinski definition) is 5. The molecule has 0 aliphatic carbocycles. The van der Waals surface area contributed by atoms with Gasteiger partial charge in [0.25, 0.3) is 0 Å². The van der Waals surface area contributed by atoms with Crippen molar-refractivity contribution in [1.29, 1.82) is 0 Å². The number of ether oxygens (including phenoxy) is 2. The quantitative estimate of drug-likeness (QED) is 0.488. The van der Waals surface area contributed by atoms with E-state index in [9.17, 15) is 19.5 Å². The number of likely N-dealkylation sites (tertiary alicyclic amines) is 1. The summed E-state index contributed by atoms with van der Waals surface area (Å²) in [7, 11) is 1.24. The molecular formula is C18H20Cl3FN2O6. The molecule has 30 heavy (non-hydrogen) atoms. The van der Waals surface area contributed by atoms with Gasteiger partial charge in [0, 0.05) is 13.5 Å². The number of carboxylic acid groups (broad SMARTS) is 1. The summed E-state index contributed by atoms with van der Waals surface area (Å²) in [6.45, 7) is -1.77. The minimum absolute atomic E-state index is 0.0772. The summed E-state index contributed by atoms with van der Waals surface area (Å²) in [5, 5.41) is 9.37. The van der Waals surface area contributed by atoms with E-state index in [1.807, 2.05) is 0 Å². The number of hydrogen-bond donors (Lipinski definition) is 1. The molecule has 1 N–H and O–H groups in total. The average Bonchev–Trinajstić information content (AvgIpc) is 3.02. The van der Waals surface area contributed by atoms with E-state index < -0.39 is 59.8 Å². The summed E-state index contributed by atoms with van der Waals surface area (Å²) in [6, 6.07) is 7.42. The van der Waals surface area contributed by atoms with Crippen LogP contribution in [-0.2, 0) is 20.9 Å². The summed E-state index contributed by atoms with van der Waals surface area (Å²) < 4.78 is 23.4. The maximum absolute atomic E-state index is 15.3. The standard InChI is InChI=1S/C18H20Cl3FN2O6/c1-23(16(28)30-11-18(19,20)21)9-17(22)7-13(24(10-17)15(26)27)14(25)29-8-12-5-3-2-4-6-12/h2-6,13H,7-11H2,1H3,(H,26,27)/t13-,17-/m0/s1. The van der Waals surface area contributed by atoms with Crippen molar-refractivity contribution in [3.63, 3.8) is 0 Å². The molecule has 0 unspecified atom stereocenters. The van der Waals surface area contributed by atoms with Crippen molar-refractivity contribution >= 4 is 53.0 Å². The van der Waals surface area contributed by atoms with Gasteiger partial charge in [0.2, 0.25) is 3.79 Å². The van der Waals surface area contributed by atoms with Crippen molar-refractivity contribution < 1.29 is 33.4 Å². The number of benzene rings is 1. The number of carbonyl (C=O) groups is 3. The van der Waals surface area contributed by atoms with Crippen molar-refractivity contribution in [2.24, 2.45) is 0 Å². The summed E-state index contributed by atoms with van der Waals surface area (Å²) in [4.78, 5) is 37.4. The Morgan fingerprint density at radius 2 is 1.90 bits per heavy atom. The molecule has 1 fully saturated rings. The van der Waals surface area contributed by atoms with Gasteiger partial charge < -0.3 is 19.5 Å². The van der Waals surface area contributed by atoms with E-state index >= 15 is 4.39 Å². The molecule has 1 saturated heterocycles. The maximum Gasteiger partial charge on any atom is 0.409 e. The normalized spacial score (nSPS) is 21.2. The third-order valence-electron chi connectivity index (χ3n) is 4.32. The Balaban J connectivity index is 1.99. The van der Waals surface area contributed by atoms with Gasteiger partial charge >= 0.3 is 18.2 Å². The van der Waals surface area contributed by atoms with Crippen molar-refractivity contribution in [3.8, 4) is 0 Å². The van der Waals surface area contributed by atoms with Crippen LogP contribution in [0.1, 0.15) is 12.0 Å². The minimum Gasteiger partial charge on any atom is -0.465 e. The first kappa shape index (κ1) is 24.3. The number of carbonyl (C=O) groups excluding carboxylic acids is 2. The van der Waals surface area contributed by atoms with Crippen LogP contribution in [0.5, 0.6) is 0 Å². The Morgan fingerprint density at radius 1 is 1.27 bits per heavy atom. The van der Waals surface area contributed by atoms with E-state index in [0.29, 0.717) is 10.5 Å². The molecule has 166 valence electrons. The lowest BCUT2D eigenvalue weighted by molar-refractivity contribution is -0.149. The van der Waals surface area contributed by atoms with E-state index in [-0.39, 0.29) is 6.61 Å². The lowest BCUT2D eigenvalue weighted by Gasteiger charge is -2.26. The van der Waals surface area contributed by atoms with Gasteiger partial charge in [0.05, 0.1) is 13.1 Å². The van der Waals surface area contributed by atoms with Gasteiger partial charge in [0.15, 0.2) is 0 Å². The largest absolute Gasteiger partial charge is 0.465 e. The van der Waals surface area contributed by atoms with Gasteiger partial charge in [-0.15, -0.1) is 0 Å². The molecule has 2 amide bonds. The van der Waals surface area contributed by atoms with Crippen molar-refractivity contribution in [2.45, 2.75) is 28.5 Å². The fourth-order valence-electron chi connectivity index (χ4n) is 3.03. The van der Waals surface area contributed by atoms with Crippen LogP contribution in [0, 0.1) is 0 Å². The topological polar surface area (TPSA) is 96.4 Å². The molecule has 1 aliphatic heterocycles. The van der Waals surface area contributed by atoms with E-state index in [1.165, 1.54) is 7.05 Å². The highest BCUT2D eigenvalue weighted by Crippen LogP contribution is 2.33. The van der Waals surface area contributed by atoms with Crippen LogP contribution in [0.15, 0.2) is 30.3 Å². The van der Waals surface area contributed by atoms with Gasteiger partial charge in [0.1, 0.15) is 24.9 Å². The molecule has 1 aromatic rings. The highest BCUT2D eigenvalue weighted by atomic mass is 35.6. The predicted molar refractivity (Wildman–Crippen MR) is 107 cm³/mol. The third-order valence-corrected chi connectivity index (χ3v) is 4.65. The molecule has 0 saturated carbocycles. The van der Waals surface area contributed by atoms with Crippen LogP contribution >= 0.6 is 34.8 Å². The molecule has 1 aliphatic rings. The van der Waals surface area contributed by atoms with E-state index in [4.69, 9.17) is 44.3 Å². The molecule has 2 rings (SSSR count). The van der Waals surface area contributed by atoms with Gasteiger partial charge in [-0.2, -0.15) is 0 Å². The molecule has 2 atom stereocenters. The van der Waals surface area contributed by atoms with Crippen LogP contribution in [0.2, 0.25) is 0 Å². The SMILES string of the molecule is CN(C[C@@]1(F)C[C@@H](C(=O)OCc2ccccc2)N(C(=O)O)C1)C(=O)OCC(Cl)(Cl)Cl. The third kappa shape index (κ3) is 7.07. The Kier molecular flexibility index (Phi) is 8.01. The molecule has 0 aromatic heterocycles. The number of rotatable bonds is 6. The first-order valence-electron chi connectivity index (χ1n) is 8.74. The second kappa shape index (κ2) is 9.89. The first-order chi connectivity index (χ1) is 13.9. The number of esters is 1. The number of alkyl halides is 4. The first-order valence-corrected chi connectivity index (χ1v) is 9.87. The Morgan fingerprint density at radius 3 is 2.47 bits per heavy atom. The fraction of sp³-hybridized carbons (Fsp3) is 0.500. The number of nitrogens with zero attached hydrogens (tertiary/aromatic N) is 2. The molecule has 0 radical (unpaired) electrons. The van der Waals surface area contributed by atoms with E-state index in [2.05, 4.69) is 0 Å². The zero-order valence-electron chi connectivity index (χ0n) is 15.9. The number of amides is 2. The molecule has 1 heterocycles. The van der Waals surface area contributed by atoms with Gasteiger partial charge in [-0.05, 0) is 5.56 Å². The van der Waals surface area contributed by atoms with Crippen LogP contribution in [0.25, 0.3) is 0 Å². The monoisotopic (exact) mass is 484 g/mol.